The van der Waals surface area contributed by atoms with E-state index in [0.29, 0.717) is 12.6 Å². The number of carbonyl (C=O) groups excluding carboxylic acids is 1. The van der Waals surface area contributed by atoms with E-state index in [1.54, 1.807) is 24.1 Å². The normalized spacial score (nSPS) is 21.7. The van der Waals surface area contributed by atoms with Gasteiger partial charge in [0.25, 0.3) is 0 Å². The lowest BCUT2D eigenvalue weighted by molar-refractivity contribution is -0.135. The summed E-state index contributed by atoms with van der Waals surface area (Å²) in [5, 5.41) is 3.33. The Hall–Kier alpha value is -1.69. The Bertz CT molecular complexity index is 493. The Balaban J connectivity index is 1.90. The molecule has 4 nitrogen and oxygen atoms in total. The average molecular weight is 312 g/mol. The third-order valence-corrected chi connectivity index (χ3v) is 3.92. The van der Waals surface area contributed by atoms with Gasteiger partial charge in [-0.05, 0) is 44.0 Å². The molecule has 0 aromatic heterocycles. The fourth-order valence-corrected chi connectivity index (χ4v) is 2.80. The van der Waals surface area contributed by atoms with Crippen molar-refractivity contribution in [2.45, 2.75) is 39.0 Å². The van der Waals surface area contributed by atoms with Crippen LogP contribution in [0.4, 0.5) is 8.78 Å². The van der Waals surface area contributed by atoms with Gasteiger partial charge in [0.2, 0.25) is 5.91 Å². The molecule has 22 heavy (non-hydrogen) atoms. The number of piperidine rings is 1. The molecule has 0 spiro atoms. The molecule has 1 fully saturated rings. The average Bonchev–Trinajstić information content (AvgIpc) is 2.48. The van der Waals surface area contributed by atoms with Gasteiger partial charge in [-0.15, -0.1) is 0 Å². The van der Waals surface area contributed by atoms with Crippen molar-refractivity contribution in [3.8, 4) is 5.75 Å². The molecule has 0 bridgehead atoms. The molecule has 0 radical (unpaired) electrons. The number of nitrogens with one attached hydrogen (secondary N) is 1. The highest BCUT2D eigenvalue weighted by Gasteiger charge is 2.26. The number of amides is 1. The topological polar surface area (TPSA) is 41.6 Å². The number of halogens is 2. The van der Waals surface area contributed by atoms with Crippen LogP contribution in [0, 0.1) is 5.92 Å². The van der Waals surface area contributed by atoms with E-state index in [9.17, 15) is 13.6 Å². The molecule has 1 aliphatic heterocycles. The molecule has 0 unspecified atom stereocenters. The number of hydrogen-bond donors (Lipinski definition) is 1. The van der Waals surface area contributed by atoms with E-state index in [1.165, 1.54) is 12.1 Å². The largest absolute Gasteiger partial charge is 0.435 e. The third kappa shape index (κ3) is 4.66. The van der Waals surface area contributed by atoms with Gasteiger partial charge in [0, 0.05) is 25.6 Å². The summed E-state index contributed by atoms with van der Waals surface area (Å²) in [7, 11) is 1.78. The van der Waals surface area contributed by atoms with Crippen LogP contribution in [0.5, 0.6) is 5.75 Å². The fourth-order valence-electron chi connectivity index (χ4n) is 2.80. The van der Waals surface area contributed by atoms with Crippen LogP contribution < -0.4 is 10.1 Å². The third-order valence-electron chi connectivity index (χ3n) is 3.92. The SMILES string of the molecule is C[C@H]1C[C@@H](C(=O)N(C)Cc2ccc(OC(F)F)cc2)CCN1. The van der Waals surface area contributed by atoms with E-state index in [-0.39, 0.29) is 17.6 Å². The summed E-state index contributed by atoms with van der Waals surface area (Å²) >= 11 is 0. The zero-order chi connectivity index (χ0) is 16.1. The molecule has 2 rings (SSSR count). The highest BCUT2D eigenvalue weighted by Crippen LogP contribution is 2.20. The van der Waals surface area contributed by atoms with Crippen LogP contribution in [-0.2, 0) is 11.3 Å². The standard InChI is InChI=1S/C16H22F2N2O2/c1-11-9-13(7-8-19-11)15(21)20(2)10-12-3-5-14(6-4-12)22-16(17)18/h3-6,11,13,16,19H,7-10H2,1-2H3/t11-,13-/m0/s1. The van der Waals surface area contributed by atoms with Crippen LogP contribution in [0.3, 0.4) is 0 Å². The number of carbonyl (C=O) groups is 1. The zero-order valence-corrected chi connectivity index (χ0v) is 12.9. The number of hydrogen-bond acceptors (Lipinski definition) is 3. The number of nitrogens with zero attached hydrogens (tertiary/aromatic N) is 1. The van der Waals surface area contributed by atoms with Crippen LogP contribution >= 0.6 is 0 Å². The van der Waals surface area contributed by atoms with Crippen molar-refractivity contribution in [2.24, 2.45) is 5.92 Å². The summed E-state index contributed by atoms with van der Waals surface area (Å²) < 4.78 is 28.5. The second kappa shape index (κ2) is 7.54. The highest BCUT2D eigenvalue weighted by molar-refractivity contribution is 5.78. The van der Waals surface area contributed by atoms with Gasteiger partial charge in [0.15, 0.2) is 0 Å². The second-order valence-corrected chi connectivity index (χ2v) is 5.79. The van der Waals surface area contributed by atoms with E-state index in [4.69, 9.17) is 0 Å². The molecule has 6 heteroatoms. The molecule has 1 saturated heterocycles. The van der Waals surface area contributed by atoms with Crippen molar-refractivity contribution >= 4 is 5.91 Å². The monoisotopic (exact) mass is 312 g/mol. The van der Waals surface area contributed by atoms with Crippen molar-refractivity contribution in [3.63, 3.8) is 0 Å². The quantitative estimate of drug-likeness (QED) is 0.909. The van der Waals surface area contributed by atoms with Crippen LogP contribution in [0.2, 0.25) is 0 Å². The predicted octanol–water partition coefficient (Wildman–Crippen LogP) is 2.63. The summed E-state index contributed by atoms with van der Waals surface area (Å²) in [5.74, 6) is 0.323. The number of benzene rings is 1. The van der Waals surface area contributed by atoms with Crippen LogP contribution in [0.25, 0.3) is 0 Å². The van der Waals surface area contributed by atoms with Crippen molar-refractivity contribution < 1.29 is 18.3 Å². The lowest BCUT2D eigenvalue weighted by atomic mass is 9.92. The van der Waals surface area contributed by atoms with Crippen LogP contribution in [-0.4, -0.2) is 37.1 Å². The number of ether oxygens (including phenoxy) is 1. The minimum absolute atomic E-state index is 0.0580. The minimum atomic E-state index is -2.82. The molecule has 1 aromatic carbocycles. The summed E-state index contributed by atoms with van der Waals surface area (Å²) in [6, 6.07) is 6.75. The lowest BCUT2D eigenvalue weighted by Gasteiger charge is -2.30. The van der Waals surface area contributed by atoms with Gasteiger partial charge in [0.1, 0.15) is 5.75 Å². The molecule has 0 aliphatic carbocycles. The predicted molar refractivity (Wildman–Crippen MR) is 79.7 cm³/mol. The molecule has 1 amide bonds. The molecule has 1 N–H and O–H groups in total. The summed E-state index contributed by atoms with van der Waals surface area (Å²) in [5.41, 5.74) is 0.888. The summed E-state index contributed by atoms with van der Waals surface area (Å²) in [4.78, 5) is 14.1. The number of alkyl halides is 2. The van der Waals surface area contributed by atoms with Gasteiger partial charge < -0.3 is 15.0 Å². The van der Waals surface area contributed by atoms with E-state index in [2.05, 4.69) is 17.0 Å². The molecule has 1 heterocycles. The molecular weight excluding hydrogens is 290 g/mol. The summed E-state index contributed by atoms with van der Waals surface area (Å²) in [6.45, 7) is 0.593. The maximum atomic E-state index is 12.4. The van der Waals surface area contributed by atoms with Gasteiger partial charge in [-0.3, -0.25) is 4.79 Å². The van der Waals surface area contributed by atoms with Gasteiger partial charge in [-0.25, -0.2) is 0 Å². The highest BCUT2D eigenvalue weighted by atomic mass is 19.3. The Kier molecular flexibility index (Phi) is 5.71. The lowest BCUT2D eigenvalue weighted by Crippen LogP contribution is -2.42. The first-order valence-electron chi connectivity index (χ1n) is 7.48. The first kappa shape index (κ1) is 16.7. The van der Waals surface area contributed by atoms with E-state index < -0.39 is 6.61 Å². The molecule has 1 aromatic rings. The van der Waals surface area contributed by atoms with Gasteiger partial charge in [-0.2, -0.15) is 8.78 Å². The van der Waals surface area contributed by atoms with E-state index in [1.807, 2.05) is 0 Å². The van der Waals surface area contributed by atoms with Gasteiger partial charge in [-0.1, -0.05) is 12.1 Å². The van der Waals surface area contributed by atoms with Crippen molar-refractivity contribution in [3.05, 3.63) is 29.8 Å². The number of rotatable bonds is 5. The Labute approximate surface area is 129 Å². The molecule has 2 atom stereocenters. The maximum absolute atomic E-state index is 12.4. The van der Waals surface area contributed by atoms with Crippen molar-refractivity contribution in [2.75, 3.05) is 13.6 Å². The zero-order valence-electron chi connectivity index (χ0n) is 12.9. The van der Waals surface area contributed by atoms with Gasteiger partial charge >= 0.3 is 6.61 Å². The Morgan fingerprint density at radius 3 is 2.68 bits per heavy atom. The first-order chi connectivity index (χ1) is 10.5. The smallest absolute Gasteiger partial charge is 0.387 e. The Morgan fingerprint density at radius 1 is 1.41 bits per heavy atom. The Morgan fingerprint density at radius 2 is 2.09 bits per heavy atom. The molecule has 122 valence electrons. The van der Waals surface area contributed by atoms with E-state index in [0.717, 1.165) is 24.9 Å². The van der Waals surface area contributed by atoms with Gasteiger partial charge in [0.05, 0.1) is 0 Å². The molecular formula is C16H22F2N2O2. The first-order valence-corrected chi connectivity index (χ1v) is 7.48. The van der Waals surface area contributed by atoms with E-state index >= 15 is 0 Å². The van der Waals surface area contributed by atoms with Crippen LogP contribution in [0.1, 0.15) is 25.3 Å². The molecule has 0 saturated carbocycles. The van der Waals surface area contributed by atoms with Crippen molar-refractivity contribution in [1.82, 2.24) is 10.2 Å². The minimum Gasteiger partial charge on any atom is -0.435 e. The second-order valence-electron chi connectivity index (χ2n) is 5.79. The maximum Gasteiger partial charge on any atom is 0.387 e. The fraction of sp³-hybridized carbons (Fsp3) is 0.562. The molecule has 1 aliphatic rings. The van der Waals surface area contributed by atoms with Crippen LogP contribution in [0.15, 0.2) is 24.3 Å². The van der Waals surface area contributed by atoms with Crippen molar-refractivity contribution in [1.29, 1.82) is 0 Å². The summed E-state index contributed by atoms with van der Waals surface area (Å²) in [6.07, 6.45) is 1.71.